The van der Waals surface area contributed by atoms with E-state index in [-0.39, 0.29) is 35.5 Å². The summed E-state index contributed by atoms with van der Waals surface area (Å²) < 4.78 is -0.638. The third-order valence-electron chi connectivity index (χ3n) is 8.20. The minimum Gasteiger partial charge on any atom is -0.394 e. The second-order valence-electron chi connectivity index (χ2n) is 11.3. The number of hydrogen-bond acceptors (Lipinski definition) is 5. The zero-order valence-corrected chi connectivity index (χ0v) is 24.0. The fraction of sp³-hybridized carbons (Fsp3) is 0.759. The highest BCUT2D eigenvalue weighted by molar-refractivity contribution is 8.02. The average Bonchev–Trinajstić information content (AvgIpc) is 3.51. The van der Waals surface area contributed by atoms with E-state index in [4.69, 9.17) is 0 Å². The predicted molar refractivity (Wildman–Crippen MR) is 150 cm³/mol. The first-order valence-electron chi connectivity index (χ1n) is 14.1. The molecule has 3 rings (SSSR count). The van der Waals surface area contributed by atoms with Crippen LogP contribution >= 0.6 is 11.8 Å². The van der Waals surface area contributed by atoms with E-state index < -0.39 is 28.7 Å². The maximum absolute atomic E-state index is 14.3. The van der Waals surface area contributed by atoms with Gasteiger partial charge in [0.05, 0.1) is 29.2 Å². The summed E-state index contributed by atoms with van der Waals surface area (Å²) in [4.78, 5) is 47.9. The van der Waals surface area contributed by atoms with Gasteiger partial charge in [-0.2, -0.15) is 0 Å². The van der Waals surface area contributed by atoms with Gasteiger partial charge in [0.25, 0.3) is 0 Å². The van der Waals surface area contributed by atoms with Crippen LogP contribution in [0.4, 0.5) is 0 Å². The summed E-state index contributed by atoms with van der Waals surface area (Å²) in [6, 6.07) is -1.13. The average molecular weight is 534 g/mol. The number of nitrogens with zero attached hydrogens (tertiary/aromatic N) is 3. The second-order valence-corrected chi connectivity index (χ2v) is 12.9. The first kappa shape index (κ1) is 29.8. The quantitative estimate of drug-likeness (QED) is 0.325. The smallest absolute Gasteiger partial charge is 0.247 e. The van der Waals surface area contributed by atoms with Gasteiger partial charge in [-0.15, -0.1) is 24.9 Å². The fourth-order valence-corrected chi connectivity index (χ4v) is 8.96. The van der Waals surface area contributed by atoms with Crippen LogP contribution in [0.1, 0.15) is 66.2 Å². The molecular weight excluding hydrogens is 486 g/mol. The maximum atomic E-state index is 14.3. The van der Waals surface area contributed by atoms with Gasteiger partial charge in [0, 0.05) is 31.4 Å². The molecule has 1 spiro atoms. The Kier molecular flexibility index (Phi) is 10.3. The van der Waals surface area contributed by atoms with Crippen molar-refractivity contribution in [2.45, 2.75) is 88.3 Å². The summed E-state index contributed by atoms with van der Waals surface area (Å²) in [6.07, 6.45) is 8.30. The number of aliphatic hydroxyl groups is 1. The van der Waals surface area contributed by atoms with E-state index in [0.717, 1.165) is 32.1 Å². The van der Waals surface area contributed by atoms with Gasteiger partial charge in [-0.1, -0.05) is 46.3 Å². The summed E-state index contributed by atoms with van der Waals surface area (Å²) in [5.41, 5.74) is 0. The van der Waals surface area contributed by atoms with Gasteiger partial charge in [0.15, 0.2) is 0 Å². The Balaban J connectivity index is 2.08. The topological polar surface area (TPSA) is 81.2 Å². The van der Waals surface area contributed by atoms with Crippen LogP contribution in [0.15, 0.2) is 25.3 Å². The number of likely N-dealkylation sites (tertiary alicyclic amines) is 1. The molecule has 3 fully saturated rings. The Morgan fingerprint density at radius 2 is 1.78 bits per heavy atom. The molecule has 3 saturated heterocycles. The van der Waals surface area contributed by atoms with E-state index in [9.17, 15) is 19.5 Å². The van der Waals surface area contributed by atoms with Gasteiger partial charge in [-0.05, 0) is 38.0 Å². The summed E-state index contributed by atoms with van der Waals surface area (Å²) >= 11 is 1.70. The number of rotatable bonds is 15. The number of amides is 3. The van der Waals surface area contributed by atoms with Crippen molar-refractivity contribution in [3.63, 3.8) is 0 Å². The lowest BCUT2D eigenvalue weighted by Gasteiger charge is -2.40. The van der Waals surface area contributed by atoms with Gasteiger partial charge in [0.2, 0.25) is 17.7 Å². The van der Waals surface area contributed by atoms with Crippen LogP contribution in [0.25, 0.3) is 0 Å². The molecule has 37 heavy (non-hydrogen) atoms. The zero-order valence-electron chi connectivity index (χ0n) is 23.2. The molecule has 7 nitrogen and oxygen atoms in total. The monoisotopic (exact) mass is 533 g/mol. The molecule has 3 heterocycles. The lowest BCUT2D eigenvalue weighted by Crippen LogP contribution is -2.57. The highest BCUT2D eigenvalue weighted by Gasteiger charge is 2.74. The van der Waals surface area contributed by atoms with Crippen LogP contribution in [0.3, 0.4) is 0 Å². The number of carbonyl (C=O) groups excluding carboxylic acids is 3. The molecule has 2 bridgehead atoms. The molecule has 0 saturated carbocycles. The minimum absolute atomic E-state index is 0.00515. The molecule has 208 valence electrons. The number of carbonyl (C=O) groups is 3. The van der Waals surface area contributed by atoms with Crippen molar-refractivity contribution < 1.29 is 19.5 Å². The standard InChI is InChI=1S/C29H47N3O4S/c1-7-11-17-31(16-10-4)28(36)25-29-13-12-22(37-29)23(26(34)30(14-8-2)15-9-3)24(29)27(35)32(25)21(19-33)18-20(5)6/h8,10,20-25,33H,2,4,7,9,11-19H2,1,3,5-6H3/t21-,22-,23+,24+,25?,29?/m1/s1. The van der Waals surface area contributed by atoms with Gasteiger partial charge in [-0.3, -0.25) is 14.4 Å². The molecule has 0 aromatic rings. The SMILES string of the molecule is C=CCN(CCCC)C(=O)C1N([C@@H](CO)CC(C)C)C(=O)[C@@H]2[C@@H](C(=O)N(CC=C)CCC)[C@H]3CCC12S3. The highest BCUT2D eigenvalue weighted by Crippen LogP contribution is 2.67. The number of thioether (sulfide) groups is 1. The third kappa shape index (κ3) is 5.51. The lowest BCUT2D eigenvalue weighted by molar-refractivity contribution is -0.147. The zero-order chi connectivity index (χ0) is 27.3. The van der Waals surface area contributed by atoms with E-state index in [1.54, 1.807) is 28.8 Å². The molecule has 0 aromatic heterocycles. The Labute approximate surface area is 227 Å². The predicted octanol–water partition coefficient (Wildman–Crippen LogP) is 3.72. The van der Waals surface area contributed by atoms with Crippen molar-refractivity contribution in [1.82, 2.24) is 14.7 Å². The Morgan fingerprint density at radius 1 is 1.14 bits per heavy atom. The molecule has 0 radical (unpaired) electrons. The molecule has 0 aliphatic carbocycles. The summed E-state index contributed by atoms with van der Waals surface area (Å²) in [7, 11) is 0. The second kappa shape index (κ2) is 12.8. The van der Waals surface area contributed by atoms with Crippen molar-refractivity contribution in [2.75, 3.05) is 32.8 Å². The summed E-state index contributed by atoms with van der Waals surface area (Å²) in [6.45, 7) is 17.9. The van der Waals surface area contributed by atoms with E-state index in [1.807, 2.05) is 16.7 Å². The van der Waals surface area contributed by atoms with E-state index in [2.05, 4.69) is 33.9 Å². The molecule has 1 N–H and O–H groups in total. The Hall–Kier alpha value is -1.80. The van der Waals surface area contributed by atoms with Crippen molar-refractivity contribution in [3.05, 3.63) is 25.3 Å². The molecule has 2 unspecified atom stereocenters. The van der Waals surface area contributed by atoms with Crippen LogP contribution in [-0.4, -0.2) is 92.4 Å². The van der Waals surface area contributed by atoms with Crippen molar-refractivity contribution >= 4 is 29.5 Å². The van der Waals surface area contributed by atoms with Crippen LogP contribution in [-0.2, 0) is 14.4 Å². The molecular formula is C29H47N3O4S. The normalized spacial score (nSPS) is 28.9. The number of aliphatic hydroxyl groups excluding tert-OH is 1. The summed E-state index contributed by atoms with van der Waals surface area (Å²) in [5, 5.41) is 10.5. The highest BCUT2D eigenvalue weighted by atomic mass is 32.2. The van der Waals surface area contributed by atoms with E-state index in [0.29, 0.717) is 32.6 Å². The number of fused-ring (bicyclic) bond motifs is 1. The molecule has 0 aromatic carbocycles. The Bertz CT molecular complexity index is 864. The lowest BCUT2D eigenvalue weighted by atomic mass is 9.70. The van der Waals surface area contributed by atoms with Crippen LogP contribution in [0.2, 0.25) is 0 Å². The van der Waals surface area contributed by atoms with E-state index in [1.165, 1.54) is 0 Å². The third-order valence-corrected chi connectivity index (χ3v) is 10.2. The van der Waals surface area contributed by atoms with Crippen LogP contribution < -0.4 is 0 Å². The van der Waals surface area contributed by atoms with E-state index >= 15 is 0 Å². The minimum atomic E-state index is -0.676. The van der Waals surface area contributed by atoms with Gasteiger partial charge in [-0.25, -0.2) is 0 Å². The molecule has 8 heteroatoms. The van der Waals surface area contributed by atoms with Crippen molar-refractivity contribution in [1.29, 1.82) is 0 Å². The molecule has 6 atom stereocenters. The van der Waals surface area contributed by atoms with Crippen molar-refractivity contribution in [3.8, 4) is 0 Å². The largest absolute Gasteiger partial charge is 0.394 e. The maximum Gasteiger partial charge on any atom is 0.247 e. The van der Waals surface area contributed by atoms with Crippen molar-refractivity contribution in [2.24, 2.45) is 17.8 Å². The first-order chi connectivity index (χ1) is 17.7. The molecule has 3 aliphatic heterocycles. The molecule has 3 amide bonds. The van der Waals surface area contributed by atoms with Gasteiger partial charge >= 0.3 is 0 Å². The van der Waals surface area contributed by atoms with Gasteiger partial charge in [0.1, 0.15) is 6.04 Å². The Morgan fingerprint density at radius 3 is 2.32 bits per heavy atom. The van der Waals surface area contributed by atoms with Gasteiger partial charge < -0.3 is 19.8 Å². The fourth-order valence-electron chi connectivity index (χ4n) is 6.76. The molecule has 3 aliphatic rings. The number of hydrogen-bond donors (Lipinski definition) is 1. The summed E-state index contributed by atoms with van der Waals surface area (Å²) in [5.74, 6) is -0.929. The number of unbranched alkanes of at least 4 members (excludes halogenated alkanes) is 1. The first-order valence-corrected chi connectivity index (χ1v) is 15.0. The van der Waals surface area contributed by atoms with Crippen LogP contribution in [0.5, 0.6) is 0 Å². The van der Waals surface area contributed by atoms with Crippen LogP contribution in [0, 0.1) is 17.8 Å².